The lowest BCUT2D eigenvalue weighted by Crippen LogP contribution is -2.35. The molecule has 1 aromatic rings. The maximum atomic E-state index is 11.9. The van der Waals surface area contributed by atoms with E-state index in [0.717, 1.165) is 16.7 Å². The highest BCUT2D eigenvalue weighted by Crippen LogP contribution is 2.28. The fourth-order valence-electron chi connectivity index (χ4n) is 2.00. The molecule has 1 fully saturated rings. The van der Waals surface area contributed by atoms with Crippen molar-refractivity contribution in [2.24, 2.45) is 0 Å². The Morgan fingerprint density at radius 2 is 2.35 bits per heavy atom. The van der Waals surface area contributed by atoms with Crippen LogP contribution in [0, 0.1) is 6.92 Å². The van der Waals surface area contributed by atoms with E-state index in [1.165, 1.54) is 5.56 Å². The molecule has 17 heavy (non-hydrogen) atoms. The minimum absolute atomic E-state index is 0.0326. The molecule has 1 atom stereocenters. The molecule has 5 heteroatoms. The lowest BCUT2D eigenvalue weighted by molar-refractivity contribution is 0.250. The maximum absolute atomic E-state index is 11.9. The smallest absolute Gasteiger partial charge is 0.322 e. The van der Waals surface area contributed by atoms with Crippen LogP contribution >= 0.6 is 15.9 Å². The highest BCUT2D eigenvalue weighted by Gasteiger charge is 2.30. The zero-order chi connectivity index (χ0) is 12.4. The Kier molecular flexibility index (Phi) is 3.69. The van der Waals surface area contributed by atoms with Crippen LogP contribution in [-0.4, -0.2) is 32.2 Å². The predicted molar refractivity (Wildman–Crippen MR) is 72.5 cm³/mol. The number of carbonyl (C=O) groups excluding carboxylic acids is 1. The Bertz CT molecular complexity index is 436. The zero-order valence-electron chi connectivity index (χ0n) is 9.96. The Hall–Kier alpha value is -1.07. The summed E-state index contributed by atoms with van der Waals surface area (Å²) in [5, 5.41) is 6.02. The first-order valence-corrected chi connectivity index (χ1v) is 6.40. The minimum Gasteiger partial charge on any atom is -0.332 e. The summed E-state index contributed by atoms with van der Waals surface area (Å²) in [7, 11) is 1.89. The third-order valence-corrected chi connectivity index (χ3v) is 3.46. The molecular formula is C12H16BrN3O. The van der Waals surface area contributed by atoms with Gasteiger partial charge in [0.1, 0.15) is 0 Å². The van der Waals surface area contributed by atoms with Crippen molar-refractivity contribution in [3.8, 4) is 0 Å². The largest absolute Gasteiger partial charge is 0.332 e. The van der Waals surface area contributed by atoms with E-state index in [-0.39, 0.29) is 12.1 Å². The summed E-state index contributed by atoms with van der Waals surface area (Å²) in [6.45, 7) is 3.51. The SMILES string of the molecule is CNCC1CN(c2ccc(C)cc2Br)C(=O)N1. The molecule has 0 saturated carbocycles. The van der Waals surface area contributed by atoms with Crippen LogP contribution in [0.5, 0.6) is 0 Å². The van der Waals surface area contributed by atoms with Crippen molar-refractivity contribution in [2.75, 3.05) is 25.0 Å². The number of carbonyl (C=O) groups is 1. The minimum atomic E-state index is -0.0326. The number of likely N-dealkylation sites (N-methyl/N-ethyl adjacent to an activating group) is 1. The van der Waals surface area contributed by atoms with Gasteiger partial charge < -0.3 is 10.6 Å². The summed E-state index contributed by atoms with van der Waals surface area (Å²) >= 11 is 3.51. The van der Waals surface area contributed by atoms with Crippen LogP contribution in [0.2, 0.25) is 0 Å². The molecule has 2 amide bonds. The van der Waals surface area contributed by atoms with Gasteiger partial charge in [0.2, 0.25) is 0 Å². The highest BCUT2D eigenvalue weighted by atomic mass is 79.9. The van der Waals surface area contributed by atoms with E-state index in [4.69, 9.17) is 0 Å². The van der Waals surface area contributed by atoms with Gasteiger partial charge in [-0.15, -0.1) is 0 Å². The number of hydrogen-bond donors (Lipinski definition) is 2. The van der Waals surface area contributed by atoms with E-state index >= 15 is 0 Å². The van der Waals surface area contributed by atoms with Crippen LogP contribution in [0.3, 0.4) is 0 Å². The van der Waals surface area contributed by atoms with E-state index in [2.05, 4.69) is 26.6 Å². The summed E-state index contributed by atoms with van der Waals surface area (Å²) in [6, 6.07) is 6.14. The quantitative estimate of drug-likeness (QED) is 0.895. The lowest BCUT2D eigenvalue weighted by Gasteiger charge is -2.17. The molecule has 0 radical (unpaired) electrons. The number of anilines is 1. The van der Waals surface area contributed by atoms with Crippen LogP contribution in [0.15, 0.2) is 22.7 Å². The average molecular weight is 298 g/mol. The summed E-state index contributed by atoms with van der Waals surface area (Å²) in [5.41, 5.74) is 2.10. The molecule has 1 aliphatic heterocycles. The number of rotatable bonds is 3. The van der Waals surface area contributed by atoms with E-state index in [0.29, 0.717) is 6.54 Å². The van der Waals surface area contributed by atoms with Gasteiger partial charge in [-0.3, -0.25) is 4.90 Å². The van der Waals surface area contributed by atoms with Crippen molar-refractivity contribution in [3.63, 3.8) is 0 Å². The second kappa shape index (κ2) is 5.06. The van der Waals surface area contributed by atoms with Crippen molar-refractivity contribution in [1.82, 2.24) is 10.6 Å². The maximum Gasteiger partial charge on any atom is 0.322 e. The highest BCUT2D eigenvalue weighted by molar-refractivity contribution is 9.10. The third-order valence-electron chi connectivity index (χ3n) is 2.82. The van der Waals surface area contributed by atoms with Crippen LogP contribution in [0.1, 0.15) is 5.56 Å². The fourth-order valence-corrected chi connectivity index (χ4v) is 2.71. The van der Waals surface area contributed by atoms with Crippen molar-refractivity contribution >= 4 is 27.6 Å². The van der Waals surface area contributed by atoms with Gasteiger partial charge in [-0.25, -0.2) is 4.79 Å². The summed E-state index contributed by atoms with van der Waals surface area (Å²) in [5.74, 6) is 0. The van der Waals surface area contributed by atoms with Crippen LogP contribution < -0.4 is 15.5 Å². The van der Waals surface area contributed by atoms with E-state index < -0.39 is 0 Å². The van der Waals surface area contributed by atoms with Crippen molar-refractivity contribution < 1.29 is 4.79 Å². The van der Waals surface area contributed by atoms with Gasteiger partial charge in [-0.05, 0) is 47.6 Å². The molecule has 0 aromatic heterocycles. The predicted octanol–water partition coefficient (Wildman–Crippen LogP) is 1.88. The molecule has 1 heterocycles. The number of aryl methyl sites for hydroxylation is 1. The zero-order valence-corrected chi connectivity index (χ0v) is 11.5. The molecule has 92 valence electrons. The number of benzene rings is 1. The lowest BCUT2D eigenvalue weighted by atomic mass is 10.2. The van der Waals surface area contributed by atoms with Crippen molar-refractivity contribution in [1.29, 1.82) is 0 Å². The van der Waals surface area contributed by atoms with E-state index in [9.17, 15) is 4.79 Å². The molecule has 0 spiro atoms. The first-order chi connectivity index (χ1) is 8.11. The van der Waals surface area contributed by atoms with Gasteiger partial charge in [0.05, 0.1) is 11.7 Å². The van der Waals surface area contributed by atoms with Crippen LogP contribution in [0.25, 0.3) is 0 Å². The fraction of sp³-hybridized carbons (Fsp3) is 0.417. The van der Waals surface area contributed by atoms with Gasteiger partial charge in [0, 0.05) is 17.6 Å². The third kappa shape index (κ3) is 2.61. The first-order valence-electron chi connectivity index (χ1n) is 5.60. The molecule has 2 N–H and O–H groups in total. The topological polar surface area (TPSA) is 44.4 Å². The van der Waals surface area contributed by atoms with Gasteiger partial charge >= 0.3 is 6.03 Å². The molecule has 2 rings (SSSR count). The molecule has 0 bridgehead atoms. The van der Waals surface area contributed by atoms with Crippen molar-refractivity contribution in [3.05, 3.63) is 28.2 Å². The Morgan fingerprint density at radius 1 is 1.59 bits per heavy atom. The number of nitrogens with one attached hydrogen (secondary N) is 2. The Morgan fingerprint density at radius 3 is 3.00 bits per heavy atom. The number of urea groups is 1. The van der Waals surface area contributed by atoms with E-state index in [1.807, 2.05) is 32.2 Å². The number of hydrogen-bond acceptors (Lipinski definition) is 2. The van der Waals surface area contributed by atoms with Gasteiger partial charge in [0.15, 0.2) is 0 Å². The van der Waals surface area contributed by atoms with Gasteiger partial charge in [0.25, 0.3) is 0 Å². The molecule has 1 aliphatic rings. The molecule has 1 saturated heterocycles. The summed E-state index contributed by atoms with van der Waals surface area (Å²) < 4.78 is 0.956. The molecule has 1 aromatic carbocycles. The monoisotopic (exact) mass is 297 g/mol. The van der Waals surface area contributed by atoms with Gasteiger partial charge in [-0.1, -0.05) is 6.07 Å². The molecule has 0 aliphatic carbocycles. The van der Waals surface area contributed by atoms with Gasteiger partial charge in [-0.2, -0.15) is 0 Å². The van der Waals surface area contributed by atoms with E-state index in [1.54, 1.807) is 4.90 Å². The molecular weight excluding hydrogens is 282 g/mol. The average Bonchev–Trinajstić information content (AvgIpc) is 2.60. The first kappa shape index (κ1) is 12.4. The number of amides is 2. The number of nitrogens with zero attached hydrogens (tertiary/aromatic N) is 1. The molecule has 4 nitrogen and oxygen atoms in total. The standard InChI is InChI=1S/C12H16BrN3O/c1-8-3-4-11(10(13)5-8)16-7-9(6-14-2)15-12(16)17/h3-5,9,14H,6-7H2,1-2H3,(H,15,17). The Balaban J connectivity index is 2.20. The molecule has 1 unspecified atom stereocenters. The van der Waals surface area contributed by atoms with Crippen LogP contribution in [-0.2, 0) is 0 Å². The number of halogens is 1. The van der Waals surface area contributed by atoms with Crippen LogP contribution in [0.4, 0.5) is 10.5 Å². The second-order valence-electron chi connectivity index (χ2n) is 4.27. The normalized spacial score (nSPS) is 19.6. The summed E-state index contributed by atoms with van der Waals surface area (Å²) in [4.78, 5) is 13.6. The second-order valence-corrected chi connectivity index (χ2v) is 5.12. The van der Waals surface area contributed by atoms with Crippen molar-refractivity contribution in [2.45, 2.75) is 13.0 Å². The summed E-state index contributed by atoms with van der Waals surface area (Å²) in [6.07, 6.45) is 0. The Labute approximate surface area is 110 Å².